The highest BCUT2D eigenvalue weighted by molar-refractivity contribution is 6.34. The molecule has 0 amide bonds. The first-order valence-electron chi connectivity index (χ1n) is 3.80. The summed E-state index contributed by atoms with van der Waals surface area (Å²) in [5, 5.41) is 0. The second-order valence-corrected chi connectivity index (χ2v) is 2.91. The van der Waals surface area contributed by atoms with Gasteiger partial charge in [0.1, 0.15) is 13.4 Å². The molecule has 0 aliphatic carbocycles. The van der Waals surface area contributed by atoms with E-state index in [2.05, 4.69) is 4.98 Å². The Morgan fingerprint density at radius 2 is 2.08 bits per heavy atom. The van der Waals surface area contributed by atoms with Crippen molar-refractivity contribution in [1.29, 1.82) is 0 Å². The molecule has 2 radical (unpaired) electrons. The van der Waals surface area contributed by atoms with E-state index < -0.39 is 0 Å². The molecule has 0 spiro atoms. The van der Waals surface area contributed by atoms with Gasteiger partial charge in [-0.05, 0) is 19.1 Å². The van der Waals surface area contributed by atoms with Crippen molar-refractivity contribution >= 4 is 24.4 Å². The maximum absolute atomic E-state index is 5.71. The van der Waals surface area contributed by atoms with Gasteiger partial charge in [0.25, 0.3) is 0 Å². The van der Waals surface area contributed by atoms with Gasteiger partial charge in [0, 0.05) is 6.92 Å². The smallest absolute Gasteiger partial charge is 0.192 e. The van der Waals surface area contributed by atoms with Crippen molar-refractivity contribution in [2.45, 2.75) is 13.8 Å². The monoisotopic (exact) mass is 157 g/mol. The van der Waals surface area contributed by atoms with Gasteiger partial charge in [0.15, 0.2) is 11.5 Å². The largest absolute Gasteiger partial charge is 0.441 e. The highest BCUT2D eigenvalue weighted by atomic mass is 16.3. The number of nitrogens with zero attached hydrogens (tertiary/aromatic N) is 1. The number of aromatic nitrogens is 1. The molecule has 1 aromatic carbocycles. The van der Waals surface area contributed by atoms with Crippen LogP contribution in [-0.4, -0.2) is 12.8 Å². The minimum absolute atomic E-state index is 0.676. The second-order valence-electron chi connectivity index (χ2n) is 2.91. The predicted octanol–water partition coefficient (Wildman–Crippen LogP) is 1.24. The Morgan fingerprint density at radius 1 is 1.33 bits per heavy atom. The van der Waals surface area contributed by atoms with Gasteiger partial charge in [0.05, 0.1) is 0 Å². The first-order chi connectivity index (χ1) is 5.66. The molecule has 0 aliphatic rings. The Kier molecular flexibility index (Phi) is 1.46. The van der Waals surface area contributed by atoms with Crippen LogP contribution in [-0.2, 0) is 0 Å². The zero-order valence-electron chi connectivity index (χ0n) is 7.09. The molecule has 0 atom stereocenters. The van der Waals surface area contributed by atoms with E-state index in [9.17, 15) is 0 Å². The fraction of sp³-hybridized carbons (Fsp3) is 0.222. The molecule has 3 heteroatoms. The van der Waals surface area contributed by atoms with Gasteiger partial charge in [-0.2, -0.15) is 0 Å². The number of oxazole rings is 1. The van der Waals surface area contributed by atoms with Crippen LogP contribution in [0.3, 0.4) is 0 Å². The summed E-state index contributed by atoms with van der Waals surface area (Å²) in [6.07, 6.45) is 0. The van der Waals surface area contributed by atoms with Crippen LogP contribution in [0.5, 0.6) is 0 Å². The summed E-state index contributed by atoms with van der Waals surface area (Å²) in [4.78, 5) is 4.19. The molecule has 0 unspecified atom stereocenters. The van der Waals surface area contributed by atoms with Crippen LogP contribution in [0.4, 0.5) is 0 Å². The van der Waals surface area contributed by atoms with Crippen molar-refractivity contribution in [2.24, 2.45) is 0 Å². The molecule has 0 N–H and O–H groups in total. The van der Waals surface area contributed by atoms with E-state index >= 15 is 0 Å². The first kappa shape index (κ1) is 7.41. The lowest BCUT2D eigenvalue weighted by Crippen LogP contribution is -2.05. The van der Waals surface area contributed by atoms with E-state index in [1.165, 1.54) is 0 Å². The molecule has 1 heterocycles. The van der Waals surface area contributed by atoms with Crippen molar-refractivity contribution in [2.75, 3.05) is 0 Å². The molecule has 12 heavy (non-hydrogen) atoms. The fourth-order valence-electron chi connectivity index (χ4n) is 1.21. The van der Waals surface area contributed by atoms with E-state index in [-0.39, 0.29) is 0 Å². The molecule has 0 saturated carbocycles. The molecular formula is C9H8BNO. The summed E-state index contributed by atoms with van der Waals surface area (Å²) in [6, 6.07) is 3.74. The van der Waals surface area contributed by atoms with Gasteiger partial charge in [-0.25, -0.2) is 4.98 Å². The number of hydrogen-bond donors (Lipinski definition) is 0. The van der Waals surface area contributed by atoms with Crippen molar-refractivity contribution in [1.82, 2.24) is 4.98 Å². The quantitative estimate of drug-likeness (QED) is 0.537. The molecule has 0 aliphatic heterocycles. The third kappa shape index (κ3) is 1.02. The number of hydrogen-bond acceptors (Lipinski definition) is 2. The van der Waals surface area contributed by atoms with E-state index in [1.807, 2.05) is 26.0 Å². The number of fused-ring (bicyclic) bond motifs is 1. The average molecular weight is 157 g/mol. The Hall–Kier alpha value is -1.25. The lowest BCUT2D eigenvalue weighted by Gasteiger charge is -1.96. The topological polar surface area (TPSA) is 26.0 Å². The summed E-state index contributed by atoms with van der Waals surface area (Å²) >= 11 is 0. The maximum Gasteiger partial charge on any atom is 0.192 e. The number of aryl methyl sites for hydroxylation is 2. The minimum atomic E-state index is 0.676. The van der Waals surface area contributed by atoms with E-state index in [0.717, 1.165) is 22.1 Å². The highest BCUT2D eigenvalue weighted by Gasteiger charge is 2.02. The molecule has 2 aromatic rings. The van der Waals surface area contributed by atoms with Crippen molar-refractivity contribution in [3.05, 3.63) is 23.6 Å². The Labute approximate surface area is 72.0 Å². The Balaban J connectivity index is 2.83. The summed E-state index contributed by atoms with van der Waals surface area (Å²) in [5.74, 6) is 0.676. The van der Waals surface area contributed by atoms with Gasteiger partial charge >= 0.3 is 0 Å². The minimum Gasteiger partial charge on any atom is -0.441 e. The SMILES string of the molecule is [B]c1cc2oc(C)nc2cc1C. The van der Waals surface area contributed by atoms with Crippen molar-refractivity contribution < 1.29 is 4.42 Å². The van der Waals surface area contributed by atoms with Gasteiger partial charge in [-0.3, -0.25) is 0 Å². The third-order valence-electron chi connectivity index (χ3n) is 1.88. The first-order valence-corrected chi connectivity index (χ1v) is 3.80. The maximum atomic E-state index is 5.71. The fourth-order valence-corrected chi connectivity index (χ4v) is 1.21. The van der Waals surface area contributed by atoms with Crippen LogP contribution in [0.15, 0.2) is 16.5 Å². The van der Waals surface area contributed by atoms with E-state index in [0.29, 0.717) is 5.89 Å². The van der Waals surface area contributed by atoms with Crippen molar-refractivity contribution in [3.63, 3.8) is 0 Å². The van der Waals surface area contributed by atoms with Gasteiger partial charge < -0.3 is 4.42 Å². The molecule has 0 bridgehead atoms. The van der Waals surface area contributed by atoms with E-state index in [4.69, 9.17) is 12.3 Å². The van der Waals surface area contributed by atoms with Crippen LogP contribution < -0.4 is 5.46 Å². The molecule has 2 nitrogen and oxygen atoms in total. The summed E-state index contributed by atoms with van der Waals surface area (Å²) in [5.41, 5.74) is 3.42. The van der Waals surface area contributed by atoms with Gasteiger partial charge in [-0.1, -0.05) is 11.0 Å². The van der Waals surface area contributed by atoms with Crippen LogP contribution in [0.1, 0.15) is 11.5 Å². The second kappa shape index (κ2) is 2.37. The normalized spacial score (nSPS) is 10.8. The highest BCUT2D eigenvalue weighted by Crippen LogP contribution is 2.14. The average Bonchev–Trinajstić information content (AvgIpc) is 2.30. The Morgan fingerprint density at radius 3 is 2.83 bits per heavy atom. The van der Waals surface area contributed by atoms with E-state index in [1.54, 1.807) is 0 Å². The van der Waals surface area contributed by atoms with Gasteiger partial charge in [-0.15, -0.1) is 0 Å². The lowest BCUT2D eigenvalue weighted by atomic mass is 9.91. The third-order valence-corrected chi connectivity index (χ3v) is 1.88. The summed E-state index contributed by atoms with van der Waals surface area (Å²) < 4.78 is 5.31. The standard InChI is InChI=1S/C9H8BNO/c1-5-3-8-9(4-7(5)10)12-6(2)11-8/h3-4H,1-2H3. The Bertz CT molecular complexity index is 394. The van der Waals surface area contributed by atoms with Crippen LogP contribution in [0.25, 0.3) is 11.1 Å². The lowest BCUT2D eigenvalue weighted by molar-refractivity contribution is 0.561. The zero-order valence-corrected chi connectivity index (χ0v) is 7.09. The molecule has 2 rings (SSSR count). The van der Waals surface area contributed by atoms with Crippen LogP contribution in [0, 0.1) is 13.8 Å². The predicted molar refractivity (Wildman–Crippen MR) is 48.9 cm³/mol. The summed E-state index contributed by atoms with van der Waals surface area (Å²) in [7, 11) is 5.71. The molecular weight excluding hydrogens is 149 g/mol. The zero-order chi connectivity index (χ0) is 8.72. The molecule has 1 aromatic heterocycles. The molecule has 58 valence electrons. The molecule has 0 fully saturated rings. The summed E-state index contributed by atoms with van der Waals surface area (Å²) in [6.45, 7) is 3.78. The molecule has 0 saturated heterocycles. The van der Waals surface area contributed by atoms with Gasteiger partial charge in [0.2, 0.25) is 0 Å². The van der Waals surface area contributed by atoms with Crippen molar-refractivity contribution in [3.8, 4) is 0 Å². The number of rotatable bonds is 0. The van der Waals surface area contributed by atoms with Crippen LogP contribution >= 0.6 is 0 Å². The van der Waals surface area contributed by atoms with Crippen LogP contribution in [0.2, 0.25) is 0 Å². The number of benzene rings is 1.